The first kappa shape index (κ1) is 19.4. The Labute approximate surface area is 181 Å². The number of halogens is 1. The van der Waals surface area contributed by atoms with E-state index in [1.54, 1.807) is 7.11 Å². The fraction of sp³-hybridized carbons (Fsp3) is 0.320. The smallest absolute Gasteiger partial charge is 0.259 e. The molecule has 4 nitrogen and oxygen atoms in total. The third-order valence-corrected chi connectivity index (χ3v) is 6.64. The fourth-order valence-corrected chi connectivity index (χ4v) is 4.94. The maximum absolute atomic E-state index is 13.5. The number of ether oxygens (including phenoxy) is 1. The van der Waals surface area contributed by atoms with Gasteiger partial charge >= 0.3 is 0 Å². The van der Waals surface area contributed by atoms with Gasteiger partial charge in [0.2, 0.25) is 0 Å². The van der Waals surface area contributed by atoms with Crippen molar-refractivity contribution < 1.29 is 4.74 Å². The first-order chi connectivity index (χ1) is 14.7. The summed E-state index contributed by atoms with van der Waals surface area (Å²) >= 11 is 6.37. The Morgan fingerprint density at radius 2 is 1.73 bits per heavy atom. The highest BCUT2D eigenvalue weighted by molar-refractivity contribution is 6.31. The summed E-state index contributed by atoms with van der Waals surface area (Å²) in [6, 6.07) is 18.1. The van der Waals surface area contributed by atoms with Crippen LogP contribution in [0.25, 0.3) is 22.4 Å². The maximum atomic E-state index is 13.5. The molecule has 2 aliphatic heterocycles. The van der Waals surface area contributed by atoms with Crippen LogP contribution < -0.4 is 10.5 Å². The minimum Gasteiger partial charge on any atom is -0.381 e. The number of rotatable bonds is 3. The highest BCUT2D eigenvalue weighted by Gasteiger charge is 2.28. The van der Waals surface area contributed by atoms with Crippen LogP contribution in [-0.2, 0) is 17.7 Å². The van der Waals surface area contributed by atoms with Crippen LogP contribution in [0.4, 0.5) is 5.69 Å². The van der Waals surface area contributed by atoms with E-state index in [4.69, 9.17) is 16.3 Å². The van der Waals surface area contributed by atoms with Gasteiger partial charge in [0.1, 0.15) is 0 Å². The van der Waals surface area contributed by atoms with Gasteiger partial charge in [-0.15, -0.1) is 0 Å². The first-order valence-corrected chi connectivity index (χ1v) is 10.9. The van der Waals surface area contributed by atoms with Crippen LogP contribution in [0.5, 0.6) is 0 Å². The third-order valence-electron chi connectivity index (χ3n) is 6.40. The minimum absolute atomic E-state index is 0.0670. The normalized spacial score (nSPS) is 16.3. The zero-order valence-corrected chi connectivity index (χ0v) is 17.9. The lowest BCUT2D eigenvalue weighted by Gasteiger charge is -2.36. The molecule has 0 bridgehead atoms. The number of benzene rings is 2. The Bertz CT molecular complexity index is 1130. The zero-order valence-electron chi connectivity index (χ0n) is 17.1. The Kier molecular flexibility index (Phi) is 5.13. The molecule has 2 aliphatic rings. The van der Waals surface area contributed by atoms with Crippen molar-refractivity contribution in [3.05, 3.63) is 75.5 Å². The highest BCUT2D eigenvalue weighted by Crippen LogP contribution is 2.39. The summed E-state index contributed by atoms with van der Waals surface area (Å²) in [5.41, 5.74) is 6.23. The van der Waals surface area contributed by atoms with E-state index < -0.39 is 0 Å². The molecule has 2 aromatic carbocycles. The second-order valence-corrected chi connectivity index (χ2v) is 8.52. The van der Waals surface area contributed by atoms with E-state index in [0.717, 1.165) is 60.4 Å². The van der Waals surface area contributed by atoms with E-state index in [9.17, 15) is 4.79 Å². The predicted octanol–water partition coefficient (Wildman–Crippen LogP) is 5.01. The Morgan fingerprint density at radius 1 is 0.967 bits per heavy atom. The van der Waals surface area contributed by atoms with Gasteiger partial charge in [-0.05, 0) is 48.6 Å². The van der Waals surface area contributed by atoms with E-state index >= 15 is 0 Å². The molecule has 1 aromatic heterocycles. The molecule has 0 radical (unpaired) electrons. The number of anilines is 1. The van der Waals surface area contributed by atoms with Gasteiger partial charge in [0.25, 0.3) is 5.56 Å². The fourth-order valence-electron chi connectivity index (χ4n) is 4.77. The summed E-state index contributed by atoms with van der Waals surface area (Å²) in [5, 5.41) is 0.700. The molecule has 0 spiro atoms. The quantitative estimate of drug-likeness (QED) is 0.597. The number of nitrogens with zero attached hydrogens (tertiary/aromatic N) is 2. The lowest BCUT2D eigenvalue weighted by molar-refractivity contribution is 0.0819. The van der Waals surface area contributed by atoms with E-state index in [2.05, 4.69) is 17.0 Å². The molecule has 0 aliphatic carbocycles. The maximum Gasteiger partial charge on any atom is 0.259 e. The number of hydrogen-bond acceptors (Lipinski definition) is 3. The van der Waals surface area contributed by atoms with Crippen molar-refractivity contribution in [1.82, 2.24) is 4.57 Å². The van der Waals surface area contributed by atoms with Gasteiger partial charge in [-0.3, -0.25) is 4.79 Å². The minimum atomic E-state index is 0.0670. The standard InChI is InChI=1S/C25H25ClN2O2/c1-30-20-10-12-27(13-11-20)23-16-22(17-5-3-2-4-6-17)25(29)28-14-9-18-7-8-19(26)15-21(18)24(23)28/h2-8,15-16,20H,9-14H2,1H3. The first-order valence-electron chi connectivity index (χ1n) is 10.6. The molecule has 30 heavy (non-hydrogen) atoms. The van der Waals surface area contributed by atoms with E-state index in [-0.39, 0.29) is 5.56 Å². The zero-order chi connectivity index (χ0) is 20.7. The lowest BCUT2D eigenvalue weighted by Crippen LogP contribution is -2.39. The number of methoxy groups -OCH3 is 1. The van der Waals surface area contributed by atoms with Gasteiger partial charge in [0.05, 0.1) is 17.5 Å². The van der Waals surface area contributed by atoms with Gasteiger partial charge in [-0.2, -0.15) is 0 Å². The van der Waals surface area contributed by atoms with Crippen LogP contribution in [0.1, 0.15) is 18.4 Å². The molecule has 154 valence electrons. The van der Waals surface area contributed by atoms with Crippen molar-refractivity contribution in [2.75, 3.05) is 25.1 Å². The number of pyridine rings is 1. The topological polar surface area (TPSA) is 34.5 Å². The predicted molar refractivity (Wildman–Crippen MR) is 123 cm³/mol. The van der Waals surface area contributed by atoms with Crippen LogP contribution in [0.3, 0.4) is 0 Å². The SMILES string of the molecule is COC1CCN(c2cc(-c3ccccc3)c(=O)n3c2-c2cc(Cl)ccc2CC3)CC1. The molecule has 0 saturated carbocycles. The molecule has 1 fully saturated rings. The van der Waals surface area contributed by atoms with E-state index in [1.165, 1.54) is 5.56 Å². The molecule has 1 saturated heterocycles. The van der Waals surface area contributed by atoms with Gasteiger partial charge in [-0.25, -0.2) is 0 Å². The molecule has 3 heterocycles. The monoisotopic (exact) mass is 420 g/mol. The number of fused-ring (bicyclic) bond motifs is 3. The Hall–Kier alpha value is -2.56. The van der Waals surface area contributed by atoms with Crippen LogP contribution in [0, 0.1) is 0 Å². The van der Waals surface area contributed by atoms with Crippen LogP contribution in [0.15, 0.2) is 59.4 Å². The number of hydrogen-bond donors (Lipinski definition) is 0. The van der Waals surface area contributed by atoms with Gasteiger partial charge in [0, 0.05) is 42.9 Å². The van der Waals surface area contributed by atoms with E-state index in [0.29, 0.717) is 17.7 Å². The van der Waals surface area contributed by atoms with Crippen LogP contribution in [-0.4, -0.2) is 30.9 Å². The van der Waals surface area contributed by atoms with Gasteiger partial charge < -0.3 is 14.2 Å². The molecular weight excluding hydrogens is 396 g/mol. The van der Waals surface area contributed by atoms with Crippen molar-refractivity contribution >= 4 is 17.3 Å². The van der Waals surface area contributed by atoms with Crippen LogP contribution in [0.2, 0.25) is 5.02 Å². The molecule has 3 aromatic rings. The number of piperidine rings is 1. The van der Waals surface area contributed by atoms with E-state index in [1.807, 2.05) is 47.0 Å². The average Bonchev–Trinajstić information content (AvgIpc) is 2.80. The molecule has 0 atom stereocenters. The van der Waals surface area contributed by atoms with Crippen molar-refractivity contribution in [1.29, 1.82) is 0 Å². The van der Waals surface area contributed by atoms with Crippen LogP contribution >= 0.6 is 11.6 Å². The average molecular weight is 421 g/mol. The Morgan fingerprint density at radius 3 is 2.47 bits per heavy atom. The van der Waals surface area contributed by atoms with Crippen molar-refractivity contribution in [3.8, 4) is 22.4 Å². The molecule has 0 N–H and O–H groups in total. The summed E-state index contributed by atoms with van der Waals surface area (Å²) in [4.78, 5) is 15.9. The summed E-state index contributed by atoms with van der Waals surface area (Å²) < 4.78 is 7.53. The largest absolute Gasteiger partial charge is 0.381 e. The Balaban J connectivity index is 1.72. The summed E-state index contributed by atoms with van der Waals surface area (Å²) in [5.74, 6) is 0. The lowest BCUT2D eigenvalue weighted by atomic mass is 9.93. The highest BCUT2D eigenvalue weighted by atomic mass is 35.5. The summed E-state index contributed by atoms with van der Waals surface area (Å²) in [6.07, 6.45) is 3.11. The molecule has 5 rings (SSSR count). The number of aromatic nitrogens is 1. The van der Waals surface area contributed by atoms with Gasteiger partial charge in [-0.1, -0.05) is 48.0 Å². The molecule has 0 amide bonds. The summed E-state index contributed by atoms with van der Waals surface area (Å²) in [7, 11) is 1.79. The molecular formula is C25H25ClN2O2. The van der Waals surface area contributed by atoms with Gasteiger partial charge in [0.15, 0.2) is 0 Å². The van der Waals surface area contributed by atoms with Crippen molar-refractivity contribution in [2.45, 2.75) is 31.9 Å². The van der Waals surface area contributed by atoms with Crippen molar-refractivity contribution in [2.24, 2.45) is 0 Å². The second kappa shape index (κ2) is 7.93. The summed E-state index contributed by atoms with van der Waals surface area (Å²) in [6.45, 7) is 2.51. The second-order valence-electron chi connectivity index (χ2n) is 8.09. The third kappa shape index (κ3) is 3.34. The number of aryl methyl sites for hydroxylation is 1. The van der Waals surface area contributed by atoms with Crippen molar-refractivity contribution in [3.63, 3.8) is 0 Å². The molecule has 0 unspecified atom stereocenters. The molecule has 5 heteroatoms.